The van der Waals surface area contributed by atoms with Crippen molar-refractivity contribution in [3.63, 3.8) is 0 Å². The molecule has 186 valence electrons. The summed E-state index contributed by atoms with van der Waals surface area (Å²) in [5.41, 5.74) is 0.401. The van der Waals surface area contributed by atoms with Gasteiger partial charge in [0, 0.05) is 43.9 Å². The molecular formula is C22H18F4N8O2. The maximum Gasteiger partial charge on any atom is 0.419 e. The zero-order valence-corrected chi connectivity index (χ0v) is 18.7. The third-order valence-electron chi connectivity index (χ3n) is 5.06. The maximum atomic E-state index is 13.8. The molecule has 0 fully saturated rings. The molecule has 0 bridgehead atoms. The number of nitrogens with zero attached hydrogens (tertiary/aromatic N) is 7. The van der Waals surface area contributed by atoms with Crippen LogP contribution in [0.4, 0.5) is 29.2 Å². The molecule has 0 aliphatic carbocycles. The quantitative estimate of drug-likeness (QED) is 0.366. The average molecular weight is 502 g/mol. The second-order valence-electron chi connectivity index (χ2n) is 7.52. The van der Waals surface area contributed by atoms with Crippen LogP contribution in [0.3, 0.4) is 0 Å². The lowest BCUT2D eigenvalue weighted by atomic mass is 10.1. The Morgan fingerprint density at radius 1 is 1.08 bits per heavy atom. The van der Waals surface area contributed by atoms with Gasteiger partial charge in [-0.2, -0.15) is 13.2 Å². The number of amides is 1. The standard InChI is InChI=1S/C22H18F4N8O2/c1-34(4-5-35)20(36)13-6-12(7-23)17(28-8-13)16-11-29-18-15(2-3-27-19(18)32-16)33-21-30-9-14(10-31-21)22(24,25)26/h2-3,6,8-11,35H,4-5,7H2,1H3,(H,27,30,31,32,33). The van der Waals surface area contributed by atoms with Crippen LogP contribution in [0.15, 0.2) is 43.1 Å². The fraction of sp³-hybridized carbons (Fsp3) is 0.227. The molecule has 0 aromatic carbocycles. The summed E-state index contributed by atoms with van der Waals surface area (Å²) in [5.74, 6) is -0.514. The van der Waals surface area contributed by atoms with E-state index in [-0.39, 0.29) is 52.8 Å². The largest absolute Gasteiger partial charge is 0.419 e. The van der Waals surface area contributed by atoms with Crippen LogP contribution in [0.25, 0.3) is 22.6 Å². The van der Waals surface area contributed by atoms with Gasteiger partial charge in [0.15, 0.2) is 5.65 Å². The van der Waals surface area contributed by atoms with Gasteiger partial charge < -0.3 is 15.3 Å². The van der Waals surface area contributed by atoms with Crippen LogP contribution >= 0.6 is 0 Å². The van der Waals surface area contributed by atoms with Crippen molar-refractivity contribution in [2.24, 2.45) is 0 Å². The minimum Gasteiger partial charge on any atom is -0.395 e. The first-order valence-electron chi connectivity index (χ1n) is 10.4. The van der Waals surface area contributed by atoms with E-state index < -0.39 is 24.3 Å². The van der Waals surface area contributed by atoms with Crippen LogP contribution in [0.1, 0.15) is 21.5 Å². The van der Waals surface area contributed by atoms with Gasteiger partial charge in [0.25, 0.3) is 5.91 Å². The van der Waals surface area contributed by atoms with Crippen LogP contribution < -0.4 is 5.32 Å². The highest BCUT2D eigenvalue weighted by atomic mass is 19.4. The van der Waals surface area contributed by atoms with E-state index in [2.05, 4.69) is 35.2 Å². The number of halogens is 4. The molecule has 36 heavy (non-hydrogen) atoms. The Morgan fingerprint density at radius 2 is 1.83 bits per heavy atom. The first kappa shape index (κ1) is 24.8. The number of carbonyl (C=O) groups is 1. The van der Waals surface area contributed by atoms with E-state index in [1.807, 2.05) is 0 Å². The van der Waals surface area contributed by atoms with Crippen molar-refractivity contribution in [1.82, 2.24) is 34.8 Å². The van der Waals surface area contributed by atoms with Crippen molar-refractivity contribution in [1.29, 1.82) is 0 Å². The molecule has 0 unspecified atom stereocenters. The van der Waals surface area contributed by atoms with Crippen LogP contribution in [-0.2, 0) is 12.9 Å². The van der Waals surface area contributed by atoms with Gasteiger partial charge in [-0.25, -0.2) is 29.3 Å². The summed E-state index contributed by atoms with van der Waals surface area (Å²) in [5, 5.41) is 11.8. The fourth-order valence-electron chi connectivity index (χ4n) is 3.23. The molecule has 0 spiro atoms. The number of aliphatic hydroxyl groups excluding tert-OH is 1. The van der Waals surface area contributed by atoms with Crippen molar-refractivity contribution in [3.8, 4) is 11.4 Å². The molecule has 4 aromatic heterocycles. The zero-order valence-electron chi connectivity index (χ0n) is 18.7. The van der Waals surface area contributed by atoms with Crippen molar-refractivity contribution in [2.45, 2.75) is 12.9 Å². The molecule has 10 nitrogen and oxygen atoms in total. The molecule has 14 heteroatoms. The van der Waals surface area contributed by atoms with Gasteiger partial charge in [-0.3, -0.25) is 9.78 Å². The highest BCUT2D eigenvalue weighted by Crippen LogP contribution is 2.29. The summed E-state index contributed by atoms with van der Waals surface area (Å²) in [7, 11) is 1.50. The van der Waals surface area contributed by atoms with Gasteiger partial charge >= 0.3 is 6.18 Å². The predicted molar refractivity (Wildman–Crippen MR) is 120 cm³/mol. The SMILES string of the molecule is CN(CCO)C(=O)c1cnc(-c2cnc3c(Nc4ncc(C(F)(F)F)cn4)ccnc3n2)c(CF)c1. The van der Waals surface area contributed by atoms with Gasteiger partial charge in [0.05, 0.1) is 35.3 Å². The van der Waals surface area contributed by atoms with Crippen molar-refractivity contribution in [3.05, 3.63) is 59.8 Å². The predicted octanol–water partition coefficient (Wildman–Crippen LogP) is 3.17. The topological polar surface area (TPSA) is 130 Å². The lowest BCUT2D eigenvalue weighted by Gasteiger charge is -2.16. The smallest absolute Gasteiger partial charge is 0.395 e. The summed E-state index contributed by atoms with van der Waals surface area (Å²) < 4.78 is 52.0. The van der Waals surface area contributed by atoms with E-state index >= 15 is 0 Å². The summed E-state index contributed by atoms with van der Waals surface area (Å²) in [6.07, 6.45) is 0.769. The average Bonchev–Trinajstić information content (AvgIpc) is 2.87. The minimum absolute atomic E-state index is 0.0887. The second kappa shape index (κ2) is 10.1. The molecule has 2 N–H and O–H groups in total. The highest BCUT2D eigenvalue weighted by molar-refractivity contribution is 5.94. The Kier molecular flexibility index (Phi) is 6.96. The summed E-state index contributed by atoms with van der Waals surface area (Å²) in [6, 6.07) is 2.88. The number of carbonyl (C=O) groups excluding carboxylic acids is 1. The third kappa shape index (κ3) is 5.17. The molecule has 4 rings (SSSR count). The number of hydrogen-bond acceptors (Lipinski definition) is 9. The van der Waals surface area contributed by atoms with E-state index in [1.54, 1.807) is 0 Å². The Hall–Kier alpha value is -4.33. The van der Waals surface area contributed by atoms with E-state index in [1.165, 1.54) is 42.7 Å². The summed E-state index contributed by atoms with van der Waals surface area (Å²) in [6.45, 7) is -1.03. The Labute approximate surface area is 201 Å². The fourth-order valence-corrected chi connectivity index (χ4v) is 3.23. The maximum absolute atomic E-state index is 13.8. The number of anilines is 2. The molecule has 4 aromatic rings. The van der Waals surface area contributed by atoms with Crippen LogP contribution in [-0.4, -0.2) is 66.0 Å². The lowest BCUT2D eigenvalue weighted by molar-refractivity contribution is -0.138. The monoisotopic (exact) mass is 502 g/mol. The number of rotatable bonds is 7. The number of aliphatic hydroxyl groups is 1. The van der Waals surface area contributed by atoms with Crippen molar-refractivity contribution < 1.29 is 27.5 Å². The van der Waals surface area contributed by atoms with E-state index in [0.717, 1.165) is 0 Å². The van der Waals surface area contributed by atoms with Gasteiger partial charge in [0.1, 0.15) is 17.9 Å². The molecule has 0 saturated heterocycles. The number of nitrogens with one attached hydrogen (secondary N) is 1. The van der Waals surface area contributed by atoms with Gasteiger partial charge in [0.2, 0.25) is 5.95 Å². The minimum atomic E-state index is -4.56. The molecule has 0 saturated carbocycles. The molecule has 1 amide bonds. The van der Waals surface area contributed by atoms with Gasteiger partial charge in [-0.05, 0) is 12.1 Å². The Balaban J connectivity index is 1.64. The first-order chi connectivity index (χ1) is 17.2. The number of pyridine rings is 2. The second-order valence-corrected chi connectivity index (χ2v) is 7.52. The van der Waals surface area contributed by atoms with Crippen LogP contribution in [0.2, 0.25) is 0 Å². The van der Waals surface area contributed by atoms with E-state index in [0.29, 0.717) is 18.1 Å². The van der Waals surface area contributed by atoms with E-state index in [9.17, 15) is 22.4 Å². The number of aromatic nitrogens is 6. The van der Waals surface area contributed by atoms with Crippen molar-refractivity contribution >= 4 is 28.7 Å². The molecular weight excluding hydrogens is 484 g/mol. The van der Waals surface area contributed by atoms with Gasteiger partial charge in [-0.15, -0.1) is 0 Å². The van der Waals surface area contributed by atoms with Crippen molar-refractivity contribution in [2.75, 3.05) is 25.5 Å². The molecule has 0 aliphatic heterocycles. The number of alkyl halides is 4. The molecule has 0 aliphatic rings. The van der Waals surface area contributed by atoms with Crippen LogP contribution in [0, 0.1) is 0 Å². The molecule has 0 atom stereocenters. The highest BCUT2D eigenvalue weighted by Gasteiger charge is 2.31. The van der Waals surface area contributed by atoms with E-state index in [4.69, 9.17) is 5.11 Å². The number of hydrogen-bond donors (Lipinski definition) is 2. The Bertz CT molecular complexity index is 1400. The first-order valence-corrected chi connectivity index (χ1v) is 10.4. The molecule has 0 radical (unpaired) electrons. The summed E-state index contributed by atoms with van der Waals surface area (Å²) >= 11 is 0. The summed E-state index contributed by atoms with van der Waals surface area (Å²) in [4.78, 5) is 38.1. The normalized spacial score (nSPS) is 11.5. The lowest BCUT2D eigenvalue weighted by Crippen LogP contribution is -2.29. The number of fused-ring (bicyclic) bond motifs is 1. The zero-order chi connectivity index (χ0) is 25.9. The number of likely N-dealkylation sites (N-methyl/N-ethyl adjacent to an activating group) is 1. The third-order valence-corrected chi connectivity index (χ3v) is 5.06. The molecule has 4 heterocycles. The Morgan fingerprint density at radius 3 is 2.50 bits per heavy atom. The van der Waals surface area contributed by atoms with Gasteiger partial charge in [-0.1, -0.05) is 0 Å². The van der Waals surface area contributed by atoms with Crippen LogP contribution in [0.5, 0.6) is 0 Å².